The average Bonchev–Trinajstić information content (AvgIpc) is 2.19. The van der Waals surface area contributed by atoms with Crippen LogP contribution in [0.3, 0.4) is 0 Å². The van der Waals surface area contributed by atoms with Crippen molar-refractivity contribution in [2.75, 3.05) is 0 Å². The third kappa shape index (κ3) is 3.12. The minimum atomic E-state index is -0.366. The van der Waals surface area contributed by atoms with E-state index in [1.54, 1.807) is 25.4 Å². The van der Waals surface area contributed by atoms with E-state index in [2.05, 4.69) is 9.97 Å². The minimum absolute atomic E-state index is 0.201. The molecule has 0 amide bonds. The maximum Gasteiger partial charge on any atom is 0.306 e. The van der Waals surface area contributed by atoms with E-state index in [4.69, 9.17) is 4.74 Å². The second-order valence-corrected chi connectivity index (χ2v) is 2.99. The van der Waals surface area contributed by atoms with Crippen LogP contribution in [0.25, 0.3) is 0 Å². The van der Waals surface area contributed by atoms with E-state index in [9.17, 15) is 4.79 Å². The Morgan fingerprint density at radius 2 is 2.14 bits per heavy atom. The monoisotopic (exact) mass is 194 g/mol. The van der Waals surface area contributed by atoms with Crippen LogP contribution < -0.4 is 0 Å². The maximum absolute atomic E-state index is 11.1. The van der Waals surface area contributed by atoms with Crippen LogP contribution in [-0.2, 0) is 9.53 Å². The van der Waals surface area contributed by atoms with Gasteiger partial charge in [-0.25, -0.2) is 9.97 Å². The molecule has 1 aromatic rings. The Hall–Kier alpha value is -1.45. The summed E-state index contributed by atoms with van der Waals surface area (Å²) in [6.07, 6.45) is 4.13. The summed E-state index contributed by atoms with van der Waals surface area (Å²) in [4.78, 5) is 19.2. The molecule has 0 saturated heterocycles. The fraction of sp³-hybridized carbons (Fsp3) is 0.500. The highest BCUT2D eigenvalue weighted by Crippen LogP contribution is 2.11. The summed E-state index contributed by atoms with van der Waals surface area (Å²) in [6, 6.07) is 1.73. The highest BCUT2D eigenvalue weighted by molar-refractivity contribution is 5.69. The van der Waals surface area contributed by atoms with E-state index in [0.29, 0.717) is 12.2 Å². The standard InChI is InChI=1S/C10H14N2O2/c1-3-5-9(13)14-8(2)10-11-6-4-7-12-10/h4,6-8H,3,5H2,1-2H3. The molecular formula is C10H14N2O2. The molecule has 0 spiro atoms. The SMILES string of the molecule is CCCC(=O)OC(C)c1ncccn1. The van der Waals surface area contributed by atoms with Crippen molar-refractivity contribution in [2.45, 2.75) is 32.8 Å². The van der Waals surface area contributed by atoms with Crippen molar-refractivity contribution in [1.29, 1.82) is 0 Å². The number of carbonyl (C=O) groups is 1. The van der Waals surface area contributed by atoms with Crippen LogP contribution in [0.2, 0.25) is 0 Å². The van der Waals surface area contributed by atoms with Gasteiger partial charge in [0.25, 0.3) is 0 Å². The number of hydrogen-bond donors (Lipinski definition) is 0. The summed E-state index contributed by atoms with van der Waals surface area (Å²) in [6.45, 7) is 3.70. The van der Waals surface area contributed by atoms with Crippen molar-refractivity contribution in [3.05, 3.63) is 24.3 Å². The average molecular weight is 194 g/mol. The van der Waals surface area contributed by atoms with Gasteiger partial charge in [0.15, 0.2) is 11.9 Å². The number of aromatic nitrogens is 2. The van der Waals surface area contributed by atoms with E-state index in [1.165, 1.54) is 0 Å². The summed E-state index contributed by atoms with van der Waals surface area (Å²) < 4.78 is 5.11. The van der Waals surface area contributed by atoms with E-state index in [1.807, 2.05) is 6.92 Å². The van der Waals surface area contributed by atoms with Crippen molar-refractivity contribution >= 4 is 5.97 Å². The molecule has 1 aromatic heterocycles. The number of ether oxygens (including phenoxy) is 1. The molecule has 0 aliphatic carbocycles. The lowest BCUT2D eigenvalue weighted by atomic mass is 10.3. The maximum atomic E-state index is 11.1. The first-order chi connectivity index (χ1) is 6.74. The second-order valence-electron chi connectivity index (χ2n) is 2.99. The van der Waals surface area contributed by atoms with Gasteiger partial charge in [-0.1, -0.05) is 6.92 Å². The van der Waals surface area contributed by atoms with Gasteiger partial charge >= 0.3 is 5.97 Å². The summed E-state index contributed by atoms with van der Waals surface area (Å²) in [7, 11) is 0. The van der Waals surface area contributed by atoms with Crippen LogP contribution in [0.15, 0.2) is 18.5 Å². The van der Waals surface area contributed by atoms with E-state index < -0.39 is 0 Å². The highest BCUT2D eigenvalue weighted by Gasteiger charge is 2.12. The Bertz CT molecular complexity index is 287. The molecule has 14 heavy (non-hydrogen) atoms. The van der Waals surface area contributed by atoms with Crippen molar-refractivity contribution < 1.29 is 9.53 Å². The van der Waals surface area contributed by atoms with Gasteiger partial charge in [-0.2, -0.15) is 0 Å². The summed E-state index contributed by atoms with van der Waals surface area (Å²) >= 11 is 0. The van der Waals surface area contributed by atoms with Gasteiger partial charge in [-0.05, 0) is 19.4 Å². The molecule has 0 radical (unpaired) electrons. The molecule has 0 N–H and O–H groups in total. The van der Waals surface area contributed by atoms with E-state index in [-0.39, 0.29) is 12.1 Å². The lowest BCUT2D eigenvalue weighted by Gasteiger charge is -2.10. The van der Waals surface area contributed by atoms with Crippen molar-refractivity contribution in [3.8, 4) is 0 Å². The Balaban J connectivity index is 2.50. The predicted molar refractivity (Wildman–Crippen MR) is 51.4 cm³/mol. The third-order valence-electron chi connectivity index (χ3n) is 1.71. The molecule has 4 heteroatoms. The topological polar surface area (TPSA) is 52.1 Å². The fourth-order valence-corrected chi connectivity index (χ4v) is 1.03. The quantitative estimate of drug-likeness (QED) is 0.687. The van der Waals surface area contributed by atoms with Gasteiger partial charge in [0.05, 0.1) is 0 Å². The van der Waals surface area contributed by atoms with Crippen LogP contribution in [-0.4, -0.2) is 15.9 Å². The Kier molecular flexibility index (Phi) is 4.04. The molecule has 4 nitrogen and oxygen atoms in total. The van der Waals surface area contributed by atoms with Gasteiger partial charge in [-0.3, -0.25) is 4.79 Å². The minimum Gasteiger partial charge on any atom is -0.454 e. The first kappa shape index (κ1) is 10.6. The molecule has 0 bridgehead atoms. The summed E-state index contributed by atoms with van der Waals surface area (Å²) in [5, 5.41) is 0. The Morgan fingerprint density at radius 3 is 2.71 bits per heavy atom. The van der Waals surface area contributed by atoms with E-state index in [0.717, 1.165) is 6.42 Å². The van der Waals surface area contributed by atoms with Gasteiger partial charge in [-0.15, -0.1) is 0 Å². The zero-order chi connectivity index (χ0) is 10.4. The van der Waals surface area contributed by atoms with Crippen LogP contribution in [0.5, 0.6) is 0 Å². The summed E-state index contributed by atoms with van der Waals surface area (Å²) in [5.74, 6) is 0.337. The van der Waals surface area contributed by atoms with Gasteiger partial charge in [0, 0.05) is 18.8 Å². The van der Waals surface area contributed by atoms with E-state index >= 15 is 0 Å². The molecule has 0 aromatic carbocycles. The van der Waals surface area contributed by atoms with Crippen LogP contribution >= 0.6 is 0 Å². The first-order valence-corrected chi connectivity index (χ1v) is 4.70. The fourth-order valence-electron chi connectivity index (χ4n) is 1.03. The normalized spacial score (nSPS) is 12.1. The molecule has 1 heterocycles. The molecule has 0 aliphatic rings. The smallest absolute Gasteiger partial charge is 0.306 e. The Labute approximate surface area is 83.3 Å². The number of esters is 1. The molecule has 1 rings (SSSR count). The first-order valence-electron chi connectivity index (χ1n) is 4.70. The molecule has 1 atom stereocenters. The summed E-state index contributed by atoms with van der Waals surface area (Å²) in [5.41, 5.74) is 0. The predicted octanol–water partition coefficient (Wildman–Crippen LogP) is 1.88. The molecular weight excluding hydrogens is 180 g/mol. The van der Waals surface area contributed by atoms with Crippen LogP contribution in [0.1, 0.15) is 38.6 Å². The molecule has 0 aliphatic heterocycles. The largest absolute Gasteiger partial charge is 0.454 e. The number of nitrogens with zero attached hydrogens (tertiary/aromatic N) is 2. The lowest BCUT2D eigenvalue weighted by Crippen LogP contribution is -2.10. The highest BCUT2D eigenvalue weighted by atomic mass is 16.5. The Morgan fingerprint density at radius 1 is 1.50 bits per heavy atom. The number of hydrogen-bond acceptors (Lipinski definition) is 4. The van der Waals surface area contributed by atoms with Crippen molar-refractivity contribution in [2.24, 2.45) is 0 Å². The zero-order valence-corrected chi connectivity index (χ0v) is 8.43. The van der Waals surface area contributed by atoms with Crippen LogP contribution in [0.4, 0.5) is 0 Å². The van der Waals surface area contributed by atoms with Gasteiger partial charge in [0.2, 0.25) is 0 Å². The van der Waals surface area contributed by atoms with Gasteiger partial charge < -0.3 is 4.74 Å². The third-order valence-corrected chi connectivity index (χ3v) is 1.71. The molecule has 76 valence electrons. The second kappa shape index (κ2) is 5.32. The van der Waals surface area contributed by atoms with Crippen molar-refractivity contribution in [3.63, 3.8) is 0 Å². The number of rotatable bonds is 4. The van der Waals surface area contributed by atoms with Gasteiger partial charge in [0.1, 0.15) is 0 Å². The zero-order valence-electron chi connectivity index (χ0n) is 8.43. The lowest BCUT2D eigenvalue weighted by molar-refractivity contribution is -0.149. The number of carbonyl (C=O) groups excluding carboxylic acids is 1. The molecule has 0 saturated carbocycles. The van der Waals surface area contributed by atoms with Crippen molar-refractivity contribution in [1.82, 2.24) is 9.97 Å². The molecule has 1 unspecified atom stereocenters. The molecule has 0 fully saturated rings. The van der Waals surface area contributed by atoms with Crippen LogP contribution in [0, 0.1) is 0 Å².